The van der Waals surface area contributed by atoms with E-state index in [1.54, 1.807) is 45.0 Å². The van der Waals surface area contributed by atoms with Gasteiger partial charge in [0.05, 0.1) is 9.64 Å². The third-order valence-corrected chi connectivity index (χ3v) is 4.22. The van der Waals surface area contributed by atoms with Crippen LogP contribution in [0.5, 0.6) is 0 Å². The summed E-state index contributed by atoms with van der Waals surface area (Å²) in [5, 5.41) is 0. The van der Waals surface area contributed by atoms with Gasteiger partial charge in [0.25, 0.3) is 0 Å². The molecule has 13 heavy (non-hydrogen) atoms. The Kier molecular flexibility index (Phi) is 2.48. The Morgan fingerprint density at radius 1 is 1.23 bits per heavy atom. The van der Waals surface area contributed by atoms with Gasteiger partial charge in [-0.3, -0.25) is 0 Å². The van der Waals surface area contributed by atoms with Gasteiger partial charge >= 0.3 is 0 Å². The van der Waals surface area contributed by atoms with Gasteiger partial charge in [0.1, 0.15) is 0 Å². The van der Waals surface area contributed by atoms with E-state index in [4.69, 9.17) is 0 Å². The van der Waals surface area contributed by atoms with E-state index in [-0.39, 0.29) is 4.90 Å². The van der Waals surface area contributed by atoms with Crippen LogP contribution in [0.25, 0.3) is 0 Å². The molecule has 0 saturated heterocycles. The lowest BCUT2D eigenvalue weighted by molar-refractivity contribution is 0.560. The van der Waals surface area contributed by atoms with Crippen LogP contribution in [-0.4, -0.2) is 13.2 Å². The summed E-state index contributed by atoms with van der Waals surface area (Å²) in [4.78, 5) is 0.266. The lowest BCUT2D eigenvalue weighted by Gasteiger charge is -2.18. The average molecular weight is 197 g/mol. The highest BCUT2D eigenvalue weighted by molar-refractivity contribution is 7.92. The number of sulfone groups is 1. The van der Waals surface area contributed by atoms with Crippen LogP contribution in [0.2, 0.25) is 0 Å². The first-order valence-electron chi connectivity index (χ1n) is 4.07. The molecule has 0 aliphatic rings. The Labute approximate surface area is 79.5 Å². The fourth-order valence-corrected chi connectivity index (χ4v) is 2.01. The van der Waals surface area contributed by atoms with Crippen LogP contribution in [0.15, 0.2) is 29.2 Å². The van der Waals surface area contributed by atoms with Gasteiger partial charge in [-0.1, -0.05) is 18.2 Å². The van der Waals surface area contributed by atoms with E-state index >= 15 is 0 Å². The molecule has 1 aromatic carbocycles. The topological polar surface area (TPSA) is 34.1 Å². The SMILES string of the molecule is CC(C)(C)S(=O)(=O)c1[c]cccc1. The zero-order chi connectivity index (χ0) is 10.1. The summed E-state index contributed by atoms with van der Waals surface area (Å²) in [5.41, 5.74) is 0. The minimum absolute atomic E-state index is 0.266. The molecule has 1 rings (SSSR count). The third-order valence-electron chi connectivity index (χ3n) is 1.78. The van der Waals surface area contributed by atoms with Crippen molar-refractivity contribution in [1.82, 2.24) is 0 Å². The maximum absolute atomic E-state index is 11.8. The van der Waals surface area contributed by atoms with E-state index in [9.17, 15) is 8.42 Å². The van der Waals surface area contributed by atoms with E-state index in [1.807, 2.05) is 0 Å². The molecule has 0 N–H and O–H groups in total. The largest absolute Gasteiger partial charge is 0.223 e. The van der Waals surface area contributed by atoms with Crippen molar-refractivity contribution in [2.24, 2.45) is 0 Å². The number of benzene rings is 1. The average Bonchev–Trinajstić information content (AvgIpc) is 2.04. The highest BCUT2D eigenvalue weighted by atomic mass is 32.2. The quantitative estimate of drug-likeness (QED) is 0.690. The fraction of sp³-hybridized carbons (Fsp3) is 0.400. The molecule has 0 spiro atoms. The molecule has 0 unspecified atom stereocenters. The van der Waals surface area contributed by atoms with E-state index in [1.165, 1.54) is 0 Å². The van der Waals surface area contributed by atoms with Gasteiger partial charge in [-0.05, 0) is 26.8 Å². The third kappa shape index (κ3) is 1.91. The Balaban J connectivity index is 3.26. The zero-order valence-corrected chi connectivity index (χ0v) is 8.85. The van der Waals surface area contributed by atoms with Crippen LogP contribution < -0.4 is 0 Å². The van der Waals surface area contributed by atoms with E-state index < -0.39 is 14.6 Å². The normalized spacial score (nSPS) is 12.8. The summed E-state index contributed by atoms with van der Waals surface area (Å²) in [6.07, 6.45) is 0. The summed E-state index contributed by atoms with van der Waals surface area (Å²) in [6, 6.07) is 9.36. The minimum atomic E-state index is -3.23. The van der Waals surface area contributed by atoms with Gasteiger partial charge in [-0.25, -0.2) is 8.42 Å². The van der Waals surface area contributed by atoms with Crippen LogP contribution in [0.4, 0.5) is 0 Å². The van der Waals surface area contributed by atoms with Crippen LogP contribution in [0, 0.1) is 6.07 Å². The molecule has 0 fully saturated rings. The highest BCUT2D eigenvalue weighted by Gasteiger charge is 2.30. The van der Waals surface area contributed by atoms with E-state index in [2.05, 4.69) is 6.07 Å². The van der Waals surface area contributed by atoms with Crippen molar-refractivity contribution >= 4 is 9.84 Å². The Bertz CT molecular complexity index is 371. The summed E-state index contributed by atoms with van der Waals surface area (Å²) in [6.45, 7) is 5.05. The molecule has 0 aliphatic carbocycles. The van der Waals surface area contributed by atoms with Crippen molar-refractivity contribution < 1.29 is 8.42 Å². The molecular formula is C10H13O2S. The summed E-state index contributed by atoms with van der Waals surface area (Å²) >= 11 is 0. The van der Waals surface area contributed by atoms with Gasteiger partial charge in [0, 0.05) is 6.07 Å². The molecular weight excluding hydrogens is 184 g/mol. The van der Waals surface area contributed by atoms with Crippen LogP contribution in [-0.2, 0) is 9.84 Å². The second kappa shape index (κ2) is 3.14. The van der Waals surface area contributed by atoms with Gasteiger partial charge in [0.2, 0.25) is 0 Å². The van der Waals surface area contributed by atoms with Crippen molar-refractivity contribution in [3.63, 3.8) is 0 Å². The molecule has 71 valence electrons. The monoisotopic (exact) mass is 197 g/mol. The second-order valence-electron chi connectivity index (χ2n) is 3.84. The maximum Gasteiger partial charge on any atom is 0.183 e. The lowest BCUT2D eigenvalue weighted by Crippen LogP contribution is -2.27. The van der Waals surface area contributed by atoms with Crippen molar-refractivity contribution in [3.05, 3.63) is 30.3 Å². The molecule has 1 aromatic rings. The second-order valence-corrected chi connectivity index (χ2v) is 6.51. The maximum atomic E-state index is 11.8. The molecule has 0 aliphatic heterocycles. The predicted molar refractivity (Wildman–Crippen MR) is 52.2 cm³/mol. The van der Waals surface area contributed by atoms with Crippen molar-refractivity contribution in [2.45, 2.75) is 30.4 Å². The van der Waals surface area contributed by atoms with Crippen molar-refractivity contribution in [2.75, 3.05) is 0 Å². The Morgan fingerprint density at radius 3 is 2.23 bits per heavy atom. The fourth-order valence-electron chi connectivity index (χ4n) is 0.874. The van der Waals surface area contributed by atoms with Crippen LogP contribution >= 0.6 is 0 Å². The number of hydrogen-bond donors (Lipinski definition) is 0. The number of rotatable bonds is 1. The summed E-state index contributed by atoms with van der Waals surface area (Å²) in [5.74, 6) is 0. The molecule has 0 atom stereocenters. The van der Waals surface area contributed by atoms with Crippen LogP contribution in [0.3, 0.4) is 0 Å². The Hall–Kier alpha value is -0.830. The molecule has 0 saturated carbocycles. The summed E-state index contributed by atoms with van der Waals surface area (Å²) < 4.78 is 22.9. The predicted octanol–water partition coefficient (Wildman–Crippen LogP) is 2.06. The molecule has 1 radical (unpaired) electrons. The first-order chi connectivity index (χ1) is 5.86. The lowest BCUT2D eigenvalue weighted by atomic mass is 10.3. The zero-order valence-electron chi connectivity index (χ0n) is 8.03. The Morgan fingerprint density at radius 2 is 1.85 bits per heavy atom. The van der Waals surface area contributed by atoms with Gasteiger partial charge in [-0.15, -0.1) is 0 Å². The molecule has 3 heteroatoms. The van der Waals surface area contributed by atoms with Gasteiger partial charge in [0.15, 0.2) is 9.84 Å². The van der Waals surface area contributed by atoms with Crippen LogP contribution in [0.1, 0.15) is 20.8 Å². The molecule has 0 aromatic heterocycles. The first kappa shape index (κ1) is 10.3. The van der Waals surface area contributed by atoms with Gasteiger partial charge < -0.3 is 0 Å². The first-order valence-corrected chi connectivity index (χ1v) is 5.55. The van der Waals surface area contributed by atoms with E-state index in [0.717, 1.165) is 0 Å². The van der Waals surface area contributed by atoms with Gasteiger partial charge in [-0.2, -0.15) is 0 Å². The van der Waals surface area contributed by atoms with Crippen molar-refractivity contribution in [3.8, 4) is 0 Å². The molecule has 0 heterocycles. The minimum Gasteiger partial charge on any atom is -0.223 e. The van der Waals surface area contributed by atoms with E-state index in [0.29, 0.717) is 0 Å². The smallest absolute Gasteiger partial charge is 0.183 e. The summed E-state index contributed by atoms with van der Waals surface area (Å²) in [7, 11) is -3.23. The number of hydrogen-bond acceptors (Lipinski definition) is 2. The molecule has 0 bridgehead atoms. The highest BCUT2D eigenvalue weighted by Crippen LogP contribution is 2.23. The molecule has 0 amide bonds. The van der Waals surface area contributed by atoms with Crippen molar-refractivity contribution in [1.29, 1.82) is 0 Å². The molecule has 2 nitrogen and oxygen atoms in total. The standard InChI is InChI=1S/C10H13O2S/c1-10(2,3)13(11,12)9-7-5-4-6-8-9/h4-7H,1-3H3.